The molecule has 218 valence electrons. The minimum absolute atomic E-state index is 0.0413. The standard InChI is InChI=1S/C34H37N3O5/c1-22(38)23-13-16-27(17-14-23)37(32(39)20-25-21-35-29-12-8-7-11-28(25)29)33(34(40)36-26-9-5-4-6-10-26)24-15-18-30(41-2)31(19-24)42-3/h7-8,11-19,21,26,33,35H,4-6,9-10,20H2,1-3H3,(H,36,40)/t33-/m1/s1. The van der Waals surface area contributed by atoms with Crippen LogP contribution < -0.4 is 19.7 Å². The average Bonchev–Trinajstić information content (AvgIpc) is 3.42. The first-order valence-corrected chi connectivity index (χ1v) is 14.4. The molecule has 8 nitrogen and oxygen atoms in total. The predicted octanol–water partition coefficient (Wildman–Crippen LogP) is 6.15. The van der Waals surface area contributed by atoms with Gasteiger partial charge in [0.05, 0.1) is 20.6 Å². The summed E-state index contributed by atoms with van der Waals surface area (Å²) in [7, 11) is 3.09. The van der Waals surface area contributed by atoms with Crippen LogP contribution in [0.5, 0.6) is 11.5 Å². The summed E-state index contributed by atoms with van der Waals surface area (Å²) in [5, 5.41) is 4.19. The fourth-order valence-electron chi connectivity index (χ4n) is 5.79. The molecule has 1 heterocycles. The lowest BCUT2D eigenvalue weighted by Gasteiger charge is -2.34. The molecule has 1 aromatic heterocycles. The zero-order chi connectivity index (χ0) is 29.6. The van der Waals surface area contributed by atoms with Crippen LogP contribution in [0.3, 0.4) is 0 Å². The summed E-state index contributed by atoms with van der Waals surface area (Å²) >= 11 is 0. The zero-order valence-electron chi connectivity index (χ0n) is 24.3. The molecule has 0 saturated heterocycles. The maximum absolute atomic E-state index is 14.4. The van der Waals surface area contributed by atoms with Gasteiger partial charge in [-0.3, -0.25) is 19.3 Å². The number of hydrogen-bond donors (Lipinski definition) is 2. The number of H-pyrrole nitrogens is 1. The number of nitrogens with zero attached hydrogens (tertiary/aromatic N) is 1. The maximum Gasteiger partial charge on any atom is 0.248 e. The normalized spacial score (nSPS) is 14.3. The highest BCUT2D eigenvalue weighted by atomic mass is 16.5. The van der Waals surface area contributed by atoms with E-state index in [4.69, 9.17) is 9.47 Å². The summed E-state index contributed by atoms with van der Waals surface area (Å²) in [5.41, 5.74) is 3.40. The van der Waals surface area contributed by atoms with Gasteiger partial charge in [0.25, 0.3) is 0 Å². The molecule has 0 bridgehead atoms. The Bertz CT molecular complexity index is 1570. The Labute approximate surface area is 246 Å². The van der Waals surface area contributed by atoms with E-state index in [0.29, 0.717) is 28.3 Å². The monoisotopic (exact) mass is 567 g/mol. The van der Waals surface area contributed by atoms with Crippen molar-refractivity contribution in [1.82, 2.24) is 10.3 Å². The van der Waals surface area contributed by atoms with Gasteiger partial charge < -0.3 is 19.8 Å². The van der Waals surface area contributed by atoms with Crippen LogP contribution in [0.1, 0.15) is 66.6 Å². The molecule has 2 amide bonds. The van der Waals surface area contributed by atoms with E-state index in [-0.39, 0.29) is 30.1 Å². The molecule has 8 heteroatoms. The third-order valence-corrected chi connectivity index (χ3v) is 8.02. The van der Waals surface area contributed by atoms with Crippen molar-refractivity contribution in [1.29, 1.82) is 0 Å². The first-order valence-electron chi connectivity index (χ1n) is 14.4. The highest BCUT2D eigenvalue weighted by Crippen LogP contribution is 2.36. The Hall–Kier alpha value is -4.59. The molecule has 1 aliphatic carbocycles. The molecule has 0 unspecified atom stereocenters. The molecular formula is C34H37N3O5. The number of rotatable bonds is 10. The summed E-state index contributed by atoms with van der Waals surface area (Å²) in [5.74, 6) is 0.382. The number of ether oxygens (including phenoxy) is 2. The number of para-hydroxylation sites is 1. The number of fused-ring (bicyclic) bond motifs is 1. The number of carbonyl (C=O) groups excluding carboxylic acids is 3. The number of amides is 2. The SMILES string of the molecule is COc1ccc([C@H](C(=O)NC2CCCCC2)N(C(=O)Cc2c[nH]c3ccccc23)c2ccc(C(C)=O)cc2)cc1OC. The Balaban J connectivity index is 1.61. The van der Waals surface area contributed by atoms with Gasteiger partial charge in [-0.15, -0.1) is 0 Å². The van der Waals surface area contributed by atoms with Crippen LogP contribution in [-0.2, 0) is 16.0 Å². The van der Waals surface area contributed by atoms with E-state index in [0.717, 1.165) is 48.6 Å². The first-order chi connectivity index (χ1) is 20.4. The molecule has 0 radical (unpaired) electrons. The predicted molar refractivity (Wildman–Crippen MR) is 163 cm³/mol. The van der Waals surface area contributed by atoms with Gasteiger partial charge in [0.15, 0.2) is 17.3 Å². The summed E-state index contributed by atoms with van der Waals surface area (Å²) in [6, 6.07) is 19.0. The Kier molecular flexibility index (Phi) is 8.91. The van der Waals surface area contributed by atoms with Crippen LogP contribution in [-0.4, -0.2) is 42.8 Å². The van der Waals surface area contributed by atoms with Gasteiger partial charge >= 0.3 is 0 Å². The maximum atomic E-state index is 14.4. The van der Waals surface area contributed by atoms with Crippen LogP contribution in [0, 0.1) is 0 Å². The molecule has 5 rings (SSSR count). The molecule has 1 fully saturated rings. The minimum Gasteiger partial charge on any atom is -0.493 e. The number of carbonyl (C=O) groups is 3. The molecule has 2 N–H and O–H groups in total. The van der Waals surface area contributed by atoms with Gasteiger partial charge in [-0.2, -0.15) is 0 Å². The number of anilines is 1. The van der Waals surface area contributed by atoms with Crippen molar-refractivity contribution in [2.24, 2.45) is 0 Å². The first kappa shape index (κ1) is 28.9. The lowest BCUT2D eigenvalue weighted by molar-refractivity contribution is -0.127. The van der Waals surface area contributed by atoms with E-state index in [1.54, 1.807) is 61.6 Å². The highest BCUT2D eigenvalue weighted by Gasteiger charge is 2.35. The van der Waals surface area contributed by atoms with E-state index in [2.05, 4.69) is 10.3 Å². The molecule has 1 saturated carbocycles. The van der Waals surface area contributed by atoms with Crippen molar-refractivity contribution >= 4 is 34.2 Å². The van der Waals surface area contributed by atoms with Crippen molar-refractivity contribution in [3.8, 4) is 11.5 Å². The van der Waals surface area contributed by atoms with E-state index in [1.165, 1.54) is 6.92 Å². The van der Waals surface area contributed by atoms with Crippen LogP contribution >= 0.6 is 0 Å². The van der Waals surface area contributed by atoms with E-state index in [9.17, 15) is 14.4 Å². The Morgan fingerprint density at radius 3 is 2.33 bits per heavy atom. The number of ketones is 1. The number of nitrogens with one attached hydrogen (secondary N) is 2. The van der Waals surface area contributed by atoms with Crippen molar-refractivity contribution < 1.29 is 23.9 Å². The largest absolute Gasteiger partial charge is 0.493 e. The second kappa shape index (κ2) is 12.9. The molecule has 0 spiro atoms. The highest BCUT2D eigenvalue weighted by molar-refractivity contribution is 6.04. The van der Waals surface area contributed by atoms with E-state index >= 15 is 0 Å². The minimum atomic E-state index is -0.993. The van der Waals surface area contributed by atoms with Gasteiger partial charge in [0.2, 0.25) is 11.8 Å². The third-order valence-electron chi connectivity index (χ3n) is 8.02. The third kappa shape index (κ3) is 6.17. The van der Waals surface area contributed by atoms with E-state index < -0.39 is 6.04 Å². The van der Waals surface area contributed by atoms with Gasteiger partial charge in [-0.05, 0) is 73.4 Å². The molecule has 1 aliphatic rings. The average molecular weight is 568 g/mol. The second-order valence-electron chi connectivity index (χ2n) is 10.8. The topological polar surface area (TPSA) is 101 Å². The second-order valence-corrected chi connectivity index (χ2v) is 10.8. The zero-order valence-corrected chi connectivity index (χ0v) is 24.3. The summed E-state index contributed by atoms with van der Waals surface area (Å²) in [6.45, 7) is 1.50. The smallest absolute Gasteiger partial charge is 0.248 e. The number of methoxy groups -OCH3 is 2. The van der Waals surface area contributed by atoms with Gasteiger partial charge in [-0.25, -0.2) is 0 Å². The summed E-state index contributed by atoms with van der Waals surface area (Å²) in [4.78, 5) is 45.4. The number of benzene rings is 3. The number of Topliss-reactive ketones (excluding diaryl/α,β-unsaturated/α-hetero) is 1. The molecule has 42 heavy (non-hydrogen) atoms. The lowest BCUT2D eigenvalue weighted by atomic mass is 9.94. The van der Waals surface area contributed by atoms with Crippen LogP contribution in [0.15, 0.2) is 72.9 Å². The van der Waals surface area contributed by atoms with Gasteiger partial charge in [-0.1, -0.05) is 43.5 Å². The summed E-state index contributed by atoms with van der Waals surface area (Å²) < 4.78 is 11.0. The van der Waals surface area contributed by atoms with Crippen LogP contribution in [0.25, 0.3) is 10.9 Å². The number of aromatic nitrogens is 1. The fourth-order valence-corrected chi connectivity index (χ4v) is 5.79. The van der Waals surface area contributed by atoms with Crippen LogP contribution in [0.2, 0.25) is 0 Å². The lowest BCUT2D eigenvalue weighted by Crippen LogP contribution is -2.47. The van der Waals surface area contributed by atoms with E-state index in [1.807, 2.05) is 30.5 Å². The Morgan fingerprint density at radius 2 is 1.64 bits per heavy atom. The van der Waals surface area contributed by atoms with Gasteiger partial charge in [0, 0.05) is 34.4 Å². The molecule has 4 aromatic rings. The fraction of sp³-hybridized carbons (Fsp3) is 0.324. The number of aromatic amines is 1. The van der Waals surface area contributed by atoms with Crippen molar-refractivity contribution in [2.45, 2.75) is 57.5 Å². The summed E-state index contributed by atoms with van der Waals surface area (Å²) in [6.07, 6.45) is 6.99. The Morgan fingerprint density at radius 1 is 0.929 bits per heavy atom. The van der Waals surface area contributed by atoms with Crippen molar-refractivity contribution in [2.75, 3.05) is 19.1 Å². The van der Waals surface area contributed by atoms with Crippen LogP contribution in [0.4, 0.5) is 5.69 Å². The van der Waals surface area contributed by atoms with Crippen molar-refractivity contribution in [3.05, 3.63) is 89.6 Å². The molecular weight excluding hydrogens is 530 g/mol. The van der Waals surface area contributed by atoms with Gasteiger partial charge in [0.1, 0.15) is 6.04 Å². The quantitative estimate of drug-likeness (QED) is 0.224. The molecule has 0 aliphatic heterocycles. The number of hydrogen-bond acceptors (Lipinski definition) is 5. The molecule has 1 atom stereocenters. The molecule has 3 aromatic carbocycles. The van der Waals surface area contributed by atoms with Crippen molar-refractivity contribution in [3.63, 3.8) is 0 Å².